The van der Waals surface area contributed by atoms with Crippen molar-refractivity contribution in [3.05, 3.63) is 71.3 Å². The van der Waals surface area contributed by atoms with Crippen LogP contribution in [0.2, 0.25) is 0 Å². The maximum Gasteiger partial charge on any atom is 0.227 e. The Labute approximate surface area is 136 Å². The summed E-state index contributed by atoms with van der Waals surface area (Å²) in [5, 5.41) is 0. The molecule has 3 rings (SSSR count). The van der Waals surface area contributed by atoms with E-state index in [1.54, 1.807) is 23.1 Å². The molecule has 0 spiro atoms. The van der Waals surface area contributed by atoms with Crippen molar-refractivity contribution in [1.29, 1.82) is 0 Å². The summed E-state index contributed by atoms with van der Waals surface area (Å²) in [7, 11) is 0. The molecule has 0 bridgehead atoms. The van der Waals surface area contributed by atoms with E-state index in [9.17, 15) is 9.59 Å². The molecule has 0 unspecified atom stereocenters. The molecular weight excluding hydrogens is 286 g/mol. The van der Waals surface area contributed by atoms with Gasteiger partial charge in [0.2, 0.25) is 5.91 Å². The van der Waals surface area contributed by atoms with Crippen molar-refractivity contribution in [2.45, 2.75) is 19.8 Å². The molecule has 0 aliphatic carbocycles. The second-order valence-electron chi connectivity index (χ2n) is 5.81. The highest BCUT2D eigenvalue weighted by Crippen LogP contribution is 2.21. The van der Waals surface area contributed by atoms with Crippen molar-refractivity contribution in [1.82, 2.24) is 0 Å². The molecule has 0 aromatic heterocycles. The average molecular weight is 305 g/mol. The predicted octanol–water partition coefficient (Wildman–Crippen LogP) is 4.02. The van der Waals surface area contributed by atoms with E-state index in [2.05, 4.69) is 0 Å². The number of carbonyl (C=O) groups excluding carboxylic acids is 2. The first-order chi connectivity index (χ1) is 11.1. The molecule has 3 nitrogen and oxygen atoms in total. The van der Waals surface area contributed by atoms with Crippen molar-refractivity contribution >= 4 is 23.5 Å². The minimum Gasteiger partial charge on any atom is -0.312 e. The Balaban J connectivity index is 1.71. The number of hydrogen-bond donors (Lipinski definition) is 0. The minimum atomic E-state index is -0.0363. The first-order valence-corrected chi connectivity index (χ1v) is 7.83. The van der Waals surface area contributed by atoms with Crippen LogP contribution < -0.4 is 4.90 Å². The zero-order valence-corrected chi connectivity index (χ0v) is 13.2. The van der Waals surface area contributed by atoms with Crippen LogP contribution in [0.25, 0.3) is 6.08 Å². The third kappa shape index (κ3) is 3.57. The SMILES string of the molecule is Cc1cccc(C=CC(=O)c2ccc(N3CCCC3=O)cc2)c1. The number of benzene rings is 2. The molecule has 0 radical (unpaired) electrons. The molecule has 0 saturated carbocycles. The molecular formula is C20H19NO2. The monoisotopic (exact) mass is 305 g/mol. The van der Waals surface area contributed by atoms with Crippen LogP contribution in [-0.4, -0.2) is 18.2 Å². The fourth-order valence-corrected chi connectivity index (χ4v) is 2.77. The van der Waals surface area contributed by atoms with E-state index in [0.29, 0.717) is 12.0 Å². The summed E-state index contributed by atoms with van der Waals surface area (Å²) in [4.78, 5) is 25.7. The van der Waals surface area contributed by atoms with Crippen molar-refractivity contribution in [3.8, 4) is 0 Å². The lowest BCUT2D eigenvalue weighted by Crippen LogP contribution is -2.23. The number of amides is 1. The topological polar surface area (TPSA) is 37.4 Å². The highest BCUT2D eigenvalue weighted by Gasteiger charge is 2.21. The van der Waals surface area contributed by atoms with Gasteiger partial charge in [0.25, 0.3) is 0 Å². The highest BCUT2D eigenvalue weighted by molar-refractivity contribution is 6.07. The Morgan fingerprint density at radius 2 is 1.91 bits per heavy atom. The molecule has 2 aromatic rings. The lowest BCUT2D eigenvalue weighted by atomic mass is 10.1. The Morgan fingerprint density at radius 1 is 1.13 bits per heavy atom. The van der Waals surface area contributed by atoms with Gasteiger partial charge in [-0.1, -0.05) is 35.9 Å². The van der Waals surface area contributed by atoms with Gasteiger partial charge in [0.05, 0.1) is 0 Å². The molecule has 1 aliphatic rings. The Bertz CT molecular complexity index is 759. The van der Waals surface area contributed by atoms with Crippen LogP contribution in [0.4, 0.5) is 5.69 Å². The maximum absolute atomic E-state index is 12.2. The molecule has 0 atom stereocenters. The van der Waals surface area contributed by atoms with Gasteiger partial charge in [-0.25, -0.2) is 0 Å². The first kappa shape index (κ1) is 15.2. The summed E-state index contributed by atoms with van der Waals surface area (Å²) in [6.07, 6.45) is 4.93. The Hall–Kier alpha value is -2.68. The number of anilines is 1. The van der Waals surface area contributed by atoms with Gasteiger partial charge >= 0.3 is 0 Å². The molecule has 1 saturated heterocycles. The third-order valence-corrected chi connectivity index (χ3v) is 4.01. The van der Waals surface area contributed by atoms with Gasteiger partial charge < -0.3 is 4.90 Å². The van der Waals surface area contributed by atoms with Crippen molar-refractivity contribution in [2.24, 2.45) is 0 Å². The second kappa shape index (κ2) is 6.61. The van der Waals surface area contributed by atoms with Gasteiger partial charge in [-0.05, 0) is 49.2 Å². The smallest absolute Gasteiger partial charge is 0.227 e. The van der Waals surface area contributed by atoms with Crippen LogP contribution in [0.5, 0.6) is 0 Å². The fourth-order valence-electron chi connectivity index (χ4n) is 2.77. The van der Waals surface area contributed by atoms with E-state index < -0.39 is 0 Å². The van der Waals surface area contributed by atoms with Gasteiger partial charge in [-0.15, -0.1) is 0 Å². The molecule has 2 aromatic carbocycles. The number of nitrogens with zero attached hydrogens (tertiary/aromatic N) is 1. The summed E-state index contributed by atoms with van der Waals surface area (Å²) >= 11 is 0. The van der Waals surface area contributed by atoms with E-state index in [1.807, 2.05) is 49.4 Å². The van der Waals surface area contributed by atoms with Crippen LogP contribution in [0, 0.1) is 6.92 Å². The summed E-state index contributed by atoms with van der Waals surface area (Å²) < 4.78 is 0. The molecule has 1 aliphatic heterocycles. The van der Waals surface area contributed by atoms with E-state index >= 15 is 0 Å². The largest absolute Gasteiger partial charge is 0.312 e. The zero-order chi connectivity index (χ0) is 16.2. The Kier molecular flexibility index (Phi) is 4.38. The number of hydrogen-bond acceptors (Lipinski definition) is 2. The normalized spacial score (nSPS) is 14.7. The molecule has 1 heterocycles. The Morgan fingerprint density at radius 3 is 2.57 bits per heavy atom. The van der Waals surface area contributed by atoms with Gasteiger partial charge in [0.1, 0.15) is 0 Å². The zero-order valence-electron chi connectivity index (χ0n) is 13.2. The molecule has 116 valence electrons. The number of allylic oxidation sites excluding steroid dienone is 1. The van der Waals surface area contributed by atoms with Gasteiger partial charge in [0, 0.05) is 24.2 Å². The minimum absolute atomic E-state index is 0.0363. The molecule has 1 fully saturated rings. The summed E-state index contributed by atoms with van der Waals surface area (Å²) in [6.45, 7) is 2.79. The summed E-state index contributed by atoms with van der Waals surface area (Å²) in [6, 6.07) is 15.3. The maximum atomic E-state index is 12.2. The second-order valence-corrected chi connectivity index (χ2v) is 5.81. The van der Waals surface area contributed by atoms with Crippen LogP contribution >= 0.6 is 0 Å². The van der Waals surface area contributed by atoms with E-state index in [0.717, 1.165) is 24.2 Å². The van der Waals surface area contributed by atoms with Crippen LogP contribution in [0.1, 0.15) is 34.3 Å². The number of aryl methyl sites for hydroxylation is 1. The average Bonchev–Trinajstić information content (AvgIpc) is 2.99. The molecule has 1 amide bonds. The van der Waals surface area contributed by atoms with Crippen LogP contribution in [0.3, 0.4) is 0 Å². The number of ketones is 1. The predicted molar refractivity (Wildman–Crippen MR) is 92.6 cm³/mol. The summed E-state index contributed by atoms with van der Waals surface area (Å²) in [5.41, 5.74) is 3.67. The number of carbonyl (C=O) groups is 2. The number of rotatable bonds is 4. The van der Waals surface area contributed by atoms with E-state index in [-0.39, 0.29) is 11.7 Å². The van der Waals surface area contributed by atoms with Gasteiger partial charge in [-0.2, -0.15) is 0 Å². The summed E-state index contributed by atoms with van der Waals surface area (Å²) in [5.74, 6) is 0.120. The molecule has 3 heteroatoms. The van der Waals surface area contributed by atoms with E-state index in [4.69, 9.17) is 0 Å². The van der Waals surface area contributed by atoms with Crippen LogP contribution in [-0.2, 0) is 4.79 Å². The lowest BCUT2D eigenvalue weighted by molar-refractivity contribution is -0.117. The van der Waals surface area contributed by atoms with Crippen molar-refractivity contribution in [2.75, 3.05) is 11.4 Å². The highest BCUT2D eigenvalue weighted by atomic mass is 16.2. The van der Waals surface area contributed by atoms with Crippen LogP contribution in [0.15, 0.2) is 54.6 Å². The quantitative estimate of drug-likeness (QED) is 0.632. The van der Waals surface area contributed by atoms with Gasteiger partial charge in [0.15, 0.2) is 5.78 Å². The third-order valence-electron chi connectivity index (χ3n) is 4.01. The van der Waals surface area contributed by atoms with Crippen molar-refractivity contribution in [3.63, 3.8) is 0 Å². The molecule has 0 N–H and O–H groups in total. The van der Waals surface area contributed by atoms with E-state index in [1.165, 1.54) is 5.56 Å². The lowest BCUT2D eigenvalue weighted by Gasteiger charge is -2.15. The molecule has 23 heavy (non-hydrogen) atoms. The van der Waals surface area contributed by atoms with Crippen molar-refractivity contribution < 1.29 is 9.59 Å². The standard InChI is InChI=1S/C20H19NO2/c1-15-4-2-5-16(14-15)7-12-19(22)17-8-10-18(11-9-17)21-13-3-6-20(21)23/h2,4-5,7-12,14H,3,6,13H2,1H3. The van der Waals surface area contributed by atoms with Gasteiger partial charge in [-0.3, -0.25) is 9.59 Å². The fraction of sp³-hybridized carbons (Fsp3) is 0.200. The first-order valence-electron chi connectivity index (χ1n) is 7.83.